The highest BCUT2D eigenvalue weighted by Crippen LogP contribution is 2.54. The maximum atomic E-state index is 14.2. The normalized spacial score (nSPS) is 24.2. The van der Waals surface area contributed by atoms with Crippen molar-refractivity contribution in [2.75, 3.05) is 18.4 Å². The second kappa shape index (κ2) is 5.87. The minimum atomic E-state index is -1.00. The maximum Gasteiger partial charge on any atom is 0.254 e. The summed E-state index contributed by atoms with van der Waals surface area (Å²) in [6.07, 6.45) is 2.38. The molecule has 0 saturated heterocycles. The van der Waals surface area contributed by atoms with E-state index in [0.717, 1.165) is 10.0 Å². The van der Waals surface area contributed by atoms with Crippen LogP contribution in [-0.4, -0.2) is 45.9 Å². The fraction of sp³-hybridized carbons (Fsp3) is 0.294. The number of carbonyl (C=O) groups excluding carboxylic acids is 2. The lowest BCUT2D eigenvalue weighted by Crippen LogP contribution is -2.47. The molecule has 1 aromatic carbocycles. The van der Waals surface area contributed by atoms with Crippen LogP contribution in [0.4, 0.5) is 10.3 Å². The van der Waals surface area contributed by atoms with E-state index >= 15 is 0 Å². The number of halogens is 2. The summed E-state index contributed by atoms with van der Waals surface area (Å²) in [5.74, 6) is -0.506. The minimum absolute atomic E-state index is 0.166. The average Bonchev–Trinajstić information content (AvgIpc) is 3.23. The van der Waals surface area contributed by atoms with Crippen molar-refractivity contribution in [2.24, 2.45) is 0 Å². The first kappa shape index (κ1) is 16.1. The third-order valence-electron chi connectivity index (χ3n) is 4.64. The van der Waals surface area contributed by atoms with Crippen molar-refractivity contribution in [1.82, 2.24) is 14.9 Å². The number of fused-ring (bicyclic) bond motifs is 2. The van der Waals surface area contributed by atoms with Crippen LogP contribution >= 0.6 is 15.9 Å². The van der Waals surface area contributed by atoms with Crippen LogP contribution in [0, 0.1) is 0 Å². The Morgan fingerprint density at radius 3 is 2.80 bits per heavy atom. The Bertz CT molecular complexity index is 863. The van der Waals surface area contributed by atoms with Crippen LogP contribution in [0.15, 0.2) is 41.1 Å². The first-order valence-corrected chi connectivity index (χ1v) is 8.59. The van der Waals surface area contributed by atoms with Gasteiger partial charge in [-0.3, -0.25) is 14.9 Å². The molecule has 25 heavy (non-hydrogen) atoms. The Kier molecular flexibility index (Phi) is 3.79. The molecule has 128 valence electrons. The number of benzene rings is 1. The molecule has 1 N–H and O–H groups in total. The van der Waals surface area contributed by atoms with E-state index in [0.29, 0.717) is 12.0 Å². The number of alkyl halides is 1. The van der Waals surface area contributed by atoms with E-state index in [1.54, 1.807) is 18.2 Å². The van der Waals surface area contributed by atoms with Crippen molar-refractivity contribution in [3.63, 3.8) is 0 Å². The zero-order valence-electron chi connectivity index (χ0n) is 13.1. The molecule has 4 rings (SSSR count). The summed E-state index contributed by atoms with van der Waals surface area (Å²) < 4.78 is 15.0. The summed E-state index contributed by atoms with van der Waals surface area (Å²) in [5.41, 5.74) is 0.483. The number of aromatic nitrogens is 2. The summed E-state index contributed by atoms with van der Waals surface area (Å²) in [4.78, 5) is 34.2. The number of nitrogens with zero attached hydrogens (tertiary/aromatic N) is 3. The largest absolute Gasteiger partial charge is 0.328 e. The number of rotatable bonds is 3. The van der Waals surface area contributed by atoms with Gasteiger partial charge in [-0.2, -0.15) is 0 Å². The number of hydrogen-bond acceptors (Lipinski definition) is 4. The molecule has 1 unspecified atom stereocenters. The second-order valence-electron chi connectivity index (χ2n) is 6.30. The molecule has 1 spiro atoms. The molecule has 8 heteroatoms. The first-order valence-electron chi connectivity index (χ1n) is 7.80. The molecular formula is C17H14BrFN4O2. The topological polar surface area (TPSA) is 75.2 Å². The average molecular weight is 405 g/mol. The Balaban J connectivity index is 1.57. The van der Waals surface area contributed by atoms with Gasteiger partial charge in [-0.05, 0) is 36.2 Å². The predicted molar refractivity (Wildman–Crippen MR) is 91.9 cm³/mol. The Hall–Kier alpha value is -2.35. The molecule has 2 heterocycles. The quantitative estimate of drug-likeness (QED) is 0.851. The summed E-state index contributed by atoms with van der Waals surface area (Å²) >= 11 is 3.38. The minimum Gasteiger partial charge on any atom is -0.328 e. The molecule has 0 radical (unpaired) electrons. The van der Waals surface area contributed by atoms with Gasteiger partial charge in [0.1, 0.15) is 12.7 Å². The standard InChI is InChI=1S/C17H14BrFN4O2/c18-10-2-3-11-12(6-10)17(7-13(17)19)9-23(15(11)25)8-14(24)22-16-20-4-1-5-21-16/h1-6,13H,7-9H2,(H,20,21,22,24)/t13?,17-/m0/s1. The second-order valence-corrected chi connectivity index (χ2v) is 7.22. The van der Waals surface area contributed by atoms with Gasteiger partial charge in [-0.25, -0.2) is 14.4 Å². The highest BCUT2D eigenvalue weighted by molar-refractivity contribution is 9.10. The van der Waals surface area contributed by atoms with Gasteiger partial charge in [0.05, 0.1) is 0 Å². The lowest BCUT2D eigenvalue weighted by Gasteiger charge is -2.34. The highest BCUT2D eigenvalue weighted by atomic mass is 79.9. The van der Waals surface area contributed by atoms with Gasteiger partial charge in [-0.15, -0.1) is 0 Å². The van der Waals surface area contributed by atoms with Crippen molar-refractivity contribution < 1.29 is 14.0 Å². The van der Waals surface area contributed by atoms with E-state index < -0.39 is 17.5 Å². The molecule has 1 saturated carbocycles. The van der Waals surface area contributed by atoms with E-state index in [1.165, 1.54) is 17.3 Å². The predicted octanol–water partition coefficient (Wildman–Crippen LogP) is 2.31. The van der Waals surface area contributed by atoms with E-state index in [9.17, 15) is 14.0 Å². The molecule has 2 atom stereocenters. The van der Waals surface area contributed by atoms with Crippen LogP contribution in [0.1, 0.15) is 22.3 Å². The fourth-order valence-electron chi connectivity index (χ4n) is 3.31. The SMILES string of the molecule is O=C(CN1C[C@@]2(CC2F)c2cc(Br)ccc2C1=O)Nc1ncccn1. The lowest BCUT2D eigenvalue weighted by atomic mass is 9.86. The van der Waals surface area contributed by atoms with Crippen molar-refractivity contribution >= 4 is 33.7 Å². The number of hydrogen-bond donors (Lipinski definition) is 1. The van der Waals surface area contributed by atoms with Crippen LogP contribution in [-0.2, 0) is 10.2 Å². The third kappa shape index (κ3) is 2.80. The van der Waals surface area contributed by atoms with Crippen LogP contribution in [0.25, 0.3) is 0 Å². The molecule has 1 aliphatic heterocycles. The van der Waals surface area contributed by atoms with Gasteiger partial charge in [-0.1, -0.05) is 15.9 Å². The van der Waals surface area contributed by atoms with Crippen molar-refractivity contribution in [2.45, 2.75) is 18.0 Å². The van der Waals surface area contributed by atoms with E-state index in [2.05, 4.69) is 31.2 Å². The molecule has 2 amide bonds. The Morgan fingerprint density at radius 1 is 1.40 bits per heavy atom. The van der Waals surface area contributed by atoms with Gasteiger partial charge < -0.3 is 4.90 Å². The maximum absolute atomic E-state index is 14.2. The molecular weight excluding hydrogens is 391 g/mol. The Morgan fingerprint density at radius 2 is 2.12 bits per heavy atom. The zero-order valence-corrected chi connectivity index (χ0v) is 14.7. The van der Waals surface area contributed by atoms with Gasteiger partial charge in [0.15, 0.2) is 0 Å². The first-order chi connectivity index (χ1) is 12.0. The summed E-state index contributed by atoms with van der Waals surface area (Å²) in [7, 11) is 0. The molecule has 6 nitrogen and oxygen atoms in total. The summed E-state index contributed by atoms with van der Waals surface area (Å²) in [6.45, 7) is 0.0284. The van der Waals surface area contributed by atoms with Crippen molar-refractivity contribution in [3.8, 4) is 0 Å². The summed E-state index contributed by atoms with van der Waals surface area (Å²) in [6, 6.07) is 6.87. The molecule has 2 aliphatic rings. The van der Waals surface area contributed by atoms with Crippen LogP contribution in [0.5, 0.6) is 0 Å². The lowest BCUT2D eigenvalue weighted by molar-refractivity contribution is -0.117. The van der Waals surface area contributed by atoms with Crippen LogP contribution in [0.3, 0.4) is 0 Å². The van der Waals surface area contributed by atoms with Crippen molar-refractivity contribution in [3.05, 3.63) is 52.3 Å². The van der Waals surface area contributed by atoms with Gasteiger partial charge in [0.25, 0.3) is 5.91 Å². The van der Waals surface area contributed by atoms with E-state index in [1.807, 2.05) is 6.07 Å². The third-order valence-corrected chi connectivity index (χ3v) is 5.14. The van der Waals surface area contributed by atoms with Gasteiger partial charge in [0.2, 0.25) is 11.9 Å². The highest BCUT2D eigenvalue weighted by Gasteiger charge is 2.61. The van der Waals surface area contributed by atoms with Gasteiger partial charge >= 0.3 is 0 Å². The van der Waals surface area contributed by atoms with E-state index in [-0.39, 0.29) is 24.9 Å². The smallest absolute Gasteiger partial charge is 0.254 e. The monoisotopic (exact) mass is 404 g/mol. The van der Waals surface area contributed by atoms with Crippen LogP contribution < -0.4 is 5.32 Å². The number of carbonyl (C=O) groups is 2. The zero-order chi connectivity index (χ0) is 17.6. The van der Waals surface area contributed by atoms with Crippen molar-refractivity contribution in [1.29, 1.82) is 0 Å². The molecule has 1 aliphatic carbocycles. The Labute approximate surface area is 151 Å². The van der Waals surface area contributed by atoms with E-state index in [4.69, 9.17) is 0 Å². The molecule has 1 fully saturated rings. The molecule has 0 bridgehead atoms. The number of nitrogens with one attached hydrogen (secondary N) is 1. The molecule has 1 aromatic heterocycles. The summed E-state index contributed by atoms with van der Waals surface area (Å²) in [5, 5.41) is 2.55. The number of amides is 2. The molecule has 2 aromatic rings. The number of anilines is 1. The van der Waals surface area contributed by atoms with Crippen LogP contribution in [0.2, 0.25) is 0 Å². The fourth-order valence-corrected chi connectivity index (χ4v) is 3.68. The van der Waals surface area contributed by atoms with Gasteiger partial charge in [0, 0.05) is 34.4 Å².